The fraction of sp³-hybridized carbons (Fsp3) is 0.529. The summed E-state index contributed by atoms with van der Waals surface area (Å²) >= 11 is 0. The van der Waals surface area contributed by atoms with Crippen molar-refractivity contribution in [1.29, 1.82) is 0 Å². The van der Waals surface area contributed by atoms with E-state index in [4.69, 9.17) is 10.6 Å². The van der Waals surface area contributed by atoms with Crippen LogP contribution in [0.2, 0.25) is 0 Å². The number of urea groups is 1. The van der Waals surface area contributed by atoms with Crippen molar-refractivity contribution < 1.29 is 9.63 Å². The van der Waals surface area contributed by atoms with Gasteiger partial charge in [-0.25, -0.2) is 4.79 Å². The number of anilines is 1. The lowest BCUT2D eigenvalue weighted by Gasteiger charge is -2.41. The number of nitrogens with zero attached hydrogens (tertiary/aromatic N) is 3. The molecule has 0 aromatic heterocycles. The Kier molecular flexibility index (Phi) is 4.52. The summed E-state index contributed by atoms with van der Waals surface area (Å²) in [7, 11) is 3.69. The van der Waals surface area contributed by atoms with Crippen molar-refractivity contribution in [1.82, 2.24) is 4.90 Å². The van der Waals surface area contributed by atoms with Gasteiger partial charge >= 0.3 is 6.03 Å². The Balaban J connectivity index is 1.91. The van der Waals surface area contributed by atoms with Crippen LogP contribution in [-0.4, -0.2) is 49.4 Å². The molecule has 2 fully saturated rings. The predicted octanol–water partition coefficient (Wildman–Crippen LogP) is 2.18. The SMILES string of the molecule is CO/N=C/c1ccccc1N(C(N)=O)[C@H]1C[C@H]2CC[C@@H](C1)N2C. The minimum atomic E-state index is -0.405. The molecule has 1 aromatic rings. The largest absolute Gasteiger partial charge is 0.399 e. The Morgan fingerprint density at radius 1 is 1.35 bits per heavy atom. The van der Waals surface area contributed by atoms with Gasteiger partial charge in [0.1, 0.15) is 7.11 Å². The van der Waals surface area contributed by atoms with Crippen LogP contribution in [0.15, 0.2) is 29.4 Å². The molecule has 2 bridgehead atoms. The highest BCUT2D eigenvalue weighted by Crippen LogP contribution is 2.38. The first kappa shape index (κ1) is 15.8. The third-order valence-corrected chi connectivity index (χ3v) is 5.17. The molecule has 23 heavy (non-hydrogen) atoms. The van der Waals surface area contributed by atoms with E-state index in [0.717, 1.165) is 24.1 Å². The van der Waals surface area contributed by atoms with E-state index in [0.29, 0.717) is 12.1 Å². The van der Waals surface area contributed by atoms with Crippen LogP contribution in [0.5, 0.6) is 0 Å². The van der Waals surface area contributed by atoms with E-state index < -0.39 is 6.03 Å². The van der Waals surface area contributed by atoms with Gasteiger partial charge in [-0.1, -0.05) is 23.4 Å². The number of hydrogen-bond donors (Lipinski definition) is 1. The zero-order valence-electron chi connectivity index (χ0n) is 13.7. The van der Waals surface area contributed by atoms with Gasteiger partial charge in [0.05, 0.1) is 11.9 Å². The first-order valence-corrected chi connectivity index (χ1v) is 8.08. The average Bonchev–Trinajstić information content (AvgIpc) is 2.75. The Labute approximate surface area is 136 Å². The topological polar surface area (TPSA) is 71.2 Å². The molecule has 0 saturated carbocycles. The average molecular weight is 316 g/mol. The second kappa shape index (κ2) is 6.58. The molecule has 6 heteroatoms. The minimum Gasteiger partial charge on any atom is -0.399 e. The molecule has 0 aliphatic carbocycles. The lowest BCUT2D eigenvalue weighted by molar-refractivity contribution is 0.159. The van der Waals surface area contributed by atoms with E-state index >= 15 is 0 Å². The van der Waals surface area contributed by atoms with E-state index in [1.165, 1.54) is 20.0 Å². The van der Waals surface area contributed by atoms with Crippen LogP contribution < -0.4 is 10.6 Å². The maximum Gasteiger partial charge on any atom is 0.319 e. The molecule has 124 valence electrons. The predicted molar refractivity (Wildman–Crippen MR) is 90.7 cm³/mol. The highest BCUT2D eigenvalue weighted by Gasteiger charge is 2.41. The molecule has 3 atom stereocenters. The van der Waals surface area contributed by atoms with Crippen molar-refractivity contribution in [3.63, 3.8) is 0 Å². The van der Waals surface area contributed by atoms with Gasteiger partial charge in [-0.3, -0.25) is 4.90 Å². The number of amides is 2. The van der Waals surface area contributed by atoms with Crippen LogP contribution in [0, 0.1) is 0 Å². The molecule has 2 aliphatic rings. The van der Waals surface area contributed by atoms with Gasteiger partial charge in [0.25, 0.3) is 0 Å². The zero-order chi connectivity index (χ0) is 16.4. The summed E-state index contributed by atoms with van der Waals surface area (Å²) in [5, 5.41) is 3.83. The summed E-state index contributed by atoms with van der Waals surface area (Å²) in [5.41, 5.74) is 7.37. The maximum atomic E-state index is 12.2. The summed E-state index contributed by atoms with van der Waals surface area (Å²) < 4.78 is 0. The first-order chi connectivity index (χ1) is 11.1. The van der Waals surface area contributed by atoms with E-state index in [1.54, 1.807) is 11.1 Å². The Hall–Kier alpha value is -2.08. The Bertz CT molecular complexity index is 590. The van der Waals surface area contributed by atoms with E-state index in [9.17, 15) is 4.79 Å². The number of fused-ring (bicyclic) bond motifs is 2. The number of piperidine rings is 1. The van der Waals surface area contributed by atoms with Gasteiger partial charge in [0, 0.05) is 23.7 Å². The highest BCUT2D eigenvalue weighted by molar-refractivity contribution is 5.98. The normalized spacial score (nSPS) is 27.3. The van der Waals surface area contributed by atoms with Crippen molar-refractivity contribution in [2.45, 2.75) is 43.8 Å². The van der Waals surface area contributed by atoms with E-state index in [-0.39, 0.29) is 6.04 Å². The summed E-state index contributed by atoms with van der Waals surface area (Å²) in [4.78, 5) is 21.2. The molecule has 2 heterocycles. The Morgan fingerprint density at radius 3 is 2.61 bits per heavy atom. The standard InChI is InChI=1S/C17H24N4O2/c1-20-13-7-8-14(20)10-15(9-13)21(17(18)22)16-6-4-3-5-12(16)11-19-23-2/h3-6,11,13-15H,7-10H2,1-2H3,(H2,18,22)/b19-11+/t13-,14+,15+. The number of benzene rings is 1. The summed E-state index contributed by atoms with van der Waals surface area (Å²) in [6.45, 7) is 0. The Morgan fingerprint density at radius 2 is 2.00 bits per heavy atom. The number of para-hydroxylation sites is 1. The number of oxime groups is 1. The number of rotatable bonds is 4. The number of hydrogen-bond acceptors (Lipinski definition) is 4. The molecule has 0 spiro atoms. The van der Waals surface area contributed by atoms with Crippen LogP contribution in [-0.2, 0) is 4.84 Å². The summed E-state index contributed by atoms with van der Waals surface area (Å²) in [6.07, 6.45) is 5.96. The minimum absolute atomic E-state index is 0.137. The van der Waals surface area contributed by atoms with Crippen molar-refractivity contribution in [3.05, 3.63) is 29.8 Å². The number of carbonyl (C=O) groups is 1. The molecular formula is C17H24N4O2. The van der Waals surface area contributed by atoms with E-state index in [2.05, 4.69) is 17.1 Å². The summed E-state index contributed by atoms with van der Waals surface area (Å²) in [5.74, 6) is 0. The molecule has 2 amide bonds. The second-order valence-corrected chi connectivity index (χ2v) is 6.36. The van der Waals surface area contributed by atoms with Crippen LogP contribution in [0.3, 0.4) is 0 Å². The fourth-order valence-electron chi connectivity index (χ4n) is 4.01. The molecule has 2 saturated heterocycles. The van der Waals surface area contributed by atoms with Crippen molar-refractivity contribution >= 4 is 17.9 Å². The number of nitrogens with two attached hydrogens (primary N) is 1. The second-order valence-electron chi connectivity index (χ2n) is 6.36. The molecule has 2 aliphatic heterocycles. The summed E-state index contributed by atoms with van der Waals surface area (Å²) in [6, 6.07) is 8.48. The molecule has 0 radical (unpaired) electrons. The van der Waals surface area contributed by atoms with Gasteiger partial charge < -0.3 is 15.5 Å². The smallest absolute Gasteiger partial charge is 0.319 e. The van der Waals surface area contributed by atoms with Gasteiger partial charge in [-0.2, -0.15) is 0 Å². The van der Waals surface area contributed by atoms with Crippen molar-refractivity contribution in [2.75, 3.05) is 19.1 Å². The van der Waals surface area contributed by atoms with Gasteiger partial charge in [0.15, 0.2) is 0 Å². The number of carbonyl (C=O) groups excluding carboxylic acids is 1. The molecule has 6 nitrogen and oxygen atoms in total. The molecule has 0 unspecified atom stereocenters. The monoisotopic (exact) mass is 316 g/mol. The van der Waals surface area contributed by atoms with E-state index in [1.807, 2.05) is 24.3 Å². The lowest BCUT2D eigenvalue weighted by atomic mass is 9.95. The maximum absolute atomic E-state index is 12.2. The lowest BCUT2D eigenvalue weighted by Crippen LogP contribution is -2.52. The third kappa shape index (κ3) is 3.03. The van der Waals surface area contributed by atoms with Crippen LogP contribution in [0.25, 0.3) is 0 Å². The van der Waals surface area contributed by atoms with Crippen molar-refractivity contribution in [3.8, 4) is 0 Å². The van der Waals surface area contributed by atoms with Crippen LogP contribution >= 0.6 is 0 Å². The first-order valence-electron chi connectivity index (χ1n) is 8.08. The zero-order valence-corrected chi connectivity index (χ0v) is 13.7. The van der Waals surface area contributed by atoms with Crippen LogP contribution in [0.1, 0.15) is 31.2 Å². The van der Waals surface area contributed by atoms with Gasteiger partial charge in [0.2, 0.25) is 0 Å². The highest BCUT2D eigenvalue weighted by atomic mass is 16.6. The van der Waals surface area contributed by atoms with Gasteiger partial charge in [-0.05, 0) is 38.8 Å². The molecule has 1 aromatic carbocycles. The number of primary amides is 1. The molecule has 3 rings (SSSR count). The quantitative estimate of drug-likeness (QED) is 0.683. The van der Waals surface area contributed by atoms with Crippen LogP contribution in [0.4, 0.5) is 10.5 Å². The van der Waals surface area contributed by atoms with Crippen molar-refractivity contribution in [2.24, 2.45) is 10.9 Å². The third-order valence-electron chi connectivity index (χ3n) is 5.17. The fourth-order valence-corrected chi connectivity index (χ4v) is 4.01. The molecular weight excluding hydrogens is 292 g/mol. The molecule has 2 N–H and O–H groups in total. The van der Waals surface area contributed by atoms with Gasteiger partial charge in [-0.15, -0.1) is 0 Å².